The molecule has 0 N–H and O–H groups in total. The number of likely N-dealkylation sites (tertiary alicyclic amines) is 1. The molecule has 0 aromatic heterocycles. The summed E-state index contributed by atoms with van der Waals surface area (Å²) in [4.78, 5) is 2.50. The van der Waals surface area contributed by atoms with Gasteiger partial charge in [0.15, 0.2) is 0 Å². The Kier molecular flexibility index (Phi) is 6.08. The first-order valence-corrected chi connectivity index (χ1v) is 11.9. The Hall–Kier alpha value is -2.58. The van der Waals surface area contributed by atoms with Gasteiger partial charge in [0.1, 0.15) is 12.4 Å². The van der Waals surface area contributed by atoms with Crippen LogP contribution >= 0.6 is 0 Å². The molecule has 2 heteroatoms. The molecule has 0 saturated carbocycles. The standard InChI is InChI=1S/C29H33NO/c1-22-9-15-28-25(21-22)12-16-27(23-7-3-2-4-8-23)29(28)24-10-13-26(14-11-24)31-20-19-30-17-5-6-18-30/h2-4,7-11,13-15,21,27,29H,5-6,12,16-20H2,1H3. The number of rotatable bonds is 6. The first kappa shape index (κ1) is 20.3. The number of ether oxygens (including phenoxy) is 1. The Balaban J connectivity index is 1.38. The molecule has 5 rings (SSSR count). The average Bonchev–Trinajstić information content (AvgIpc) is 3.33. The first-order valence-electron chi connectivity index (χ1n) is 11.9. The lowest BCUT2D eigenvalue weighted by atomic mass is 9.69. The van der Waals surface area contributed by atoms with Gasteiger partial charge in [-0.15, -0.1) is 0 Å². The zero-order valence-corrected chi connectivity index (χ0v) is 18.6. The van der Waals surface area contributed by atoms with E-state index in [9.17, 15) is 0 Å². The van der Waals surface area contributed by atoms with Crippen LogP contribution in [-0.4, -0.2) is 31.1 Å². The Morgan fingerprint density at radius 3 is 2.42 bits per heavy atom. The molecular weight excluding hydrogens is 378 g/mol. The molecular formula is C29H33NO. The molecule has 0 radical (unpaired) electrons. The molecule has 1 heterocycles. The van der Waals surface area contributed by atoms with Crippen molar-refractivity contribution in [2.75, 3.05) is 26.2 Å². The Morgan fingerprint density at radius 2 is 1.65 bits per heavy atom. The lowest BCUT2D eigenvalue weighted by Crippen LogP contribution is -2.25. The molecule has 3 aromatic rings. The molecule has 1 fully saturated rings. The third kappa shape index (κ3) is 4.55. The van der Waals surface area contributed by atoms with Crippen molar-refractivity contribution in [2.45, 2.75) is 44.4 Å². The molecule has 2 unspecified atom stereocenters. The lowest BCUT2D eigenvalue weighted by molar-refractivity contribution is 0.237. The van der Waals surface area contributed by atoms with Gasteiger partial charge >= 0.3 is 0 Å². The van der Waals surface area contributed by atoms with Gasteiger partial charge in [0.05, 0.1) is 0 Å². The van der Waals surface area contributed by atoms with Crippen LogP contribution in [0.15, 0.2) is 72.8 Å². The molecule has 160 valence electrons. The third-order valence-electron chi connectivity index (χ3n) is 7.10. The van der Waals surface area contributed by atoms with Gasteiger partial charge in [-0.25, -0.2) is 0 Å². The van der Waals surface area contributed by atoms with Crippen molar-refractivity contribution in [3.05, 3.63) is 101 Å². The molecule has 2 atom stereocenters. The van der Waals surface area contributed by atoms with E-state index in [-0.39, 0.29) is 0 Å². The van der Waals surface area contributed by atoms with Crippen LogP contribution in [0.5, 0.6) is 5.75 Å². The first-order chi connectivity index (χ1) is 15.3. The van der Waals surface area contributed by atoms with Gasteiger partial charge in [-0.1, -0.05) is 66.2 Å². The molecule has 31 heavy (non-hydrogen) atoms. The second kappa shape index (κ2) is 9.28. The lowest BCUT2D eigenvalue weighted by Gasteiger charge is -2.35. The highest BCUT2D eigenvalue weighted by molar-refractivity contribution is 5.47. The quantitative estimate of drug-likeness (QED) is 0.470. The SMILES string of the molecule is Cc1ccc2c(c1)CCC(c1ccccc1)C2c1ccc(OCCN2CCCC2)cc1. The van der Waals surface area contributed by atoms with Crippen LogP contribution in [-0.2, 0) is 6.42 Å². The van der Waals surface area contributed by atoms with Crippen LogP contribution in [0.4, 0.5) is 0 Å². The van der Waals surface area contributed by atoms with Gasteiger partial charge in [-0.3, -0.25) is 4.90 Å². The minimum Gasteiger partial charge on any atom is -0.492 e. The minimum atomic E-state index is 0.394. The van der Waals surface area contributed by atoms with Gasteiger partial charge < -0.3 is 4.74 Å². The highest BCUT2D eigenvalue weighted by atomic mass is 16.5. The van der Waals surface area contributed by atoms with Gasteiger partial charge in [0.2, 0.25) is 0 Å². The summed E-state index contributed by atoms with van der Waals surface area (Å²) in [5, 5.41) is 0. The maximum Gasteiger partial charge on any atom is 0.119 e. The smallest absolute Gasteiger partial charge is 0.119 e. The second-order valence-corrected chi connectivity index (χ2v) is 9.20. The zero-order valence-electron chi connectivity index (χ0n) is 18.6. The van der Waals surface area contributed by atoms with E-state index >= 15 is 0 Å². The van der Waals surface area contributed by atoms with Crippen molar-refractivity contribution in [2.24, 2.45) is 0 Å². The normalized spacial score (nSPS) is 21.1. The molecule has 0 amide bonds. The van der Waals surface area contributed by atoms with Crippen LogP contribution < -0.4 is 4.74 Å². The third-order valence-corrected chi connectivity index (χ3v) is 7.10. The predicted molar refractivity (Wildman–Crippen MR) is 128 cm³/mol. The molecule has 0 bridgehead atoms. The fourth-order valence-electron chi connectivity index (χ4n) is 5.49. The molecule has 2 nitrogen and oxygen atoms in total. The second-order valence-electron chi connectivity index (χ2n) is 9.20. The maximum absolute atomic E-state index is 6.07. The number of fused-ring (bicyclic) bond motifs is 1. The van der Waals surface area contributed by atoms with E-state index in [0.717, 1.165) is 25.3 Å². The van der Waals surface area contributed by atoms with E-state index in [1.807, 2.05) is 0 Å². The Bertz CT molecular complexity index is 989. The maximum atomic E-state index is 6.07. The van der Waals surface area contributed by atoms with E-state index < -0.39 is 0 Å². The van der Waals surface area contributed by atoms with Crippen LogP contribution in [0.1, 0.15) is 58.9 Å². The van der Waals surface area contributed by atoms with E-state index in [0.29, 0.717) is 11.8 Å². The van der Waals surface area contributed by atoms with Crippen molar-refractivity contribution >= 4 is 0 Å². The topological polar surface area (TPSA) is 12.5 Å². The van der Waals surface area contributed by atoms with E-state index in [1.165, 1.54) is 60.2 Å². The fraction of sp³-hybridized carbons (Fsp3) is 0.379. The zero-order chi connectivity index (χ0) is 21.0. The van der Waals surface area contributed by atoms with Crippen molar-refractivity contribution < 1.29 is 4.74 Å². The summed E-state index contributed by atoms with van der Waals surface area (Å²) in [6.45, 7) is 6.46. The van der Waals surface area contributed by atoms with E-state index in [4.69, 9.17) is 4.74 Å². The monoisotopic (exact) mass is 411 g/mol. The summed E-state index contributed by atoms with van der Waals surface area (Å²) in [5.41, 5.74) is 7.21. The van der Waals surface area contributed by atoms with Crippen LogP contribution in [0.25, 0.3) is 0 Å². The summed E-state index contributed by atoms with van der Waals surface area (Å²) in [6.07, 6.45) is 5.02. The van der Waals surface area contributed by atoms with Gasteiger partial charge in [0.25, 0.3) is 0 Å². The summed E-state index contributed by atoms with van der Waals surface area (Å²) in [5.74, 6) is 1.89. The summed E-state index contributed by atoms with van der Waals surface area (Å²) in [7, 11) is 0. The Labute approximate surface area is 186 Å². The number of nitrogens with zero attached hydrogens (tertiary/aromatic N) is 1. The van der Waals surface area contributed by atoms with Crippen LogP contribution in [0.3, 0.4) is 0 Å². The Morgan fingerprint density at radius 1 is 0.871 bits per heavy atom. The fourth-order valence-corrected chi connectivity index (χ4v) is 5.49. The van der Waals surface area contributed by atoms with Gasteiger partial charge in [0, 0.05) is 12.5 Å². The number of hydrogen-bond donors (Lipinski definition) is 0. The largest absolute Gasteiger partial charge is 0.492 e. The van der Waals surface area contributed by atoms with Crippen molar-refractivity contribution in [1.29, 1.82) is 0 Å². The molecule has 1 aliphatic heterocycles. The predicted octanol–water partition coefficient (Wildman–Crippen LogP) is 6.33. The van der Waals surface area contributed by atoms with Crippen LogP contribution in [0, 0.1) is 6.92 Å². The van der Waals surface area contributed by atoms with Crippen molar-refractivity contribution in [3.63, 3.8) is 0 Å². The van der Waals surface area contributed by atoms with Crippen LogP contribution in [0.2, 0.25) is 0 Å². The van der Waals surface area contributed by atoms with Gasteiger partial charge in [-0.2, -0.15) is 0 Å². The van der Waals surface area contributed by atoms with E-state index in [2.05, 4.69) is 84.6 Å². The summed E-state index contributed by atoms with van der Waals surface area (Å²) >= 11 is 0. The number of benzene rings is 3. The summed E-state index contributed by atoms with van der Waals surface area (Å²) < 4.78 is 6.07. The van der Waals surface area contributed by atoms with Gasteiger partial charge in [-0.05, 0) is 86.0 Å². The van der Waals surface area contributed by atoms with Crippen molar-refractivity contribution in [1.82, 2.24) is 4.90 Å². The number of hydrogen-bond acceptors (Lipinski definition) is 2. The summed E-state index contributed by atoms with van der Waals surface area (Å²) in [6, 6.07) is 27.0. The van der Waals surface area contributed by atoms with E-state index in [1.54, 1.807) is 0 Å². The molecule has 0 spiro atoms. The molecule has 1 saturated heterocycles. The minimum absolute atomic E-state index is 0.394. The molecule has 1 aliphatic carbocycles. The molecule has 3 aromatic carbocycles. The van der Waals surface area contributed by atoms with Crippen molar-refractivity contribution in [3.8, 4) is 5.75 Å². The average molecular weight is 412 g/mol. The highest BCUT2D eigenvalue weighted by Gasteiger charge is 2.31. The highest BCUT2D eigenvalue weighted by Crippen LogP contribution is 2.46. The number of aryl methyl sites for hydroxylation is 2. The molecule has 2 aliphatic rings.